The third-order valence-corrected chi connectivity index (χ3v) is 4.13. The van der Waals surface area contributed by atoms with Gasteiger partial charge in [-0.1, -0.05) is 12.1 Å². The molecule has 0 aliphatic rings. The Balaban J connectivity index is 2.94. The highest BCUT2D eigenvalue weighted by Crippen LogP contribution is 2.20. The molecule has 0 aromatic heterocycles. The summed E-state index contributed by atoms with van der Waals surface area (Å²) in [5.41, 5.74) is 0.739. The summed E-state index contributed by atoms with van der Waals surface area (Å²) < 4.78 is 39.2. The smallest absolute Gasteiger partial charge is 0.207 e. The molecule has 1 rings (SSSR count). The Hall–Kier alpha value is -0.980. The third kappa shape index (κ3) is 2.78. The van der Waals surface area contributed by atoms with Crippen molar-refractivity contribution in [3.8, 4) is 0 Å². The van der Waals surface area contributed by atoms with Crippen molar-refractivity contribution < 1.29 is 12.8 Å². The van der Waals surface area contributed by atoms with Gasteiger partial charge >= 0.3 is 0 Å². The fourth-order valence-electron chi connectivity index (χ4n) is 1.30. The van der Waals surface area contributed by atoms with Crippen LogP contribution in [-0.4, -0.2) is 26.8 Å². The molecule has 6 heteroatoms. The van der Waals surface area contributed by atoms with Crippen molar-refractivity contribution in [3.63, 3.8) is 0 Å². The molecular formula is C10H15FN2O2S. The zero-order valence-electron chi connectivity index (χ0n) is 9.44. The Labute approximate surface area is 95.3 Å². The van der Waals surface area contributed by atoms with Gasteiger partial charge in [0.25, 0.3) is 10.2 Å². The van der Waals surface area contributed by atoms with Crippen LogP contribution in [-0.2, 0) is 10.2 Å². The van der Waals surface area contributed by atoms with Crippen LogP contribution in [0.2, 0.25) is 0 Å². The van der Waals surface area contributed by atoms with E-state index in [-0.39, 0.29) is 11.9 Å². The Morgan fingerprint density at radius 3 is 2.25 bits per heavy atom. The first-order chi connectivity index (χ1) is 7.38. The Morgan fingerprint density at radius 2 is 1.81 bits per heavy atom. The maximum Gasteiger partial charge on any atom is 0.279 e. The number of hydrogen-bond donors (Lipinski definition) is 1. The standard InChI is InChI=1S/C10H15FN2O2S/c1-8(13(3)16(14,15)12-2)9-4-6-10(11)7-5-9/h4-8,12H,1-3H3. The lowest BCUT2D eigenvalue weighted by atomic mass is 10.1. The quantitative estimate of drug-likeness (QED) is 0.870. The molecule has 0 saturated carbocycles. The van der Waals surface area contributed by atoms with E-state index < -0.39 is 10.2 Å². The van der Waals surface area contributed by atoms with Gasteiger partial charge in [-0.05, 0) is 24.6 Å². The van der Waals surface area contributed by atoms with Gasteiger partial charge in [0.05, 0.1) is 0 Å². The predicted molar refractivity (Wildman–Crippen MR) is 60.6 cm³/mol. The molecule has 1 unspecified atom stereocenters. The molecule has 16 heavy (non-hydrogen) atoms. The topological polar surface area (TPSA) is 49.4 Å². The first kappa shape index (κ1) is 13.1. The number of hydrogen-bond acceptors (Lipinski definition) is 2. The first-order valence-electron chi connectivity index (χ1n) is 4.80. The minimum Gasteiger partial charge on any atom is -0.207 e. The van der Waals surface area contributed by atoms with Crippen LogP contribution in [0.3, 0.4) is 0 Å². The summed E-state index contributed by atoms with van der Waals surface area (Å²) in [5, 5.41) is 0. The van der Waals surface area contributed by atoms with E-state index in [1.165, 1.54) is 30.5 Å². The monoisotopic (exact) mass is 246 g/mol. The summed E-state index contributed by atoms with van der Waals surface area (Å²) in [6.07, 6.45) is 0. The van der Waals surface area contributed by atoms with Gasteiger partial charge < -0.3 is 0 Å². The molecule has 1 aromatic rings. The molecule has 1 atom stereocenters. The van der Waals surface area contributed by atoms with Crippen LogP contribution in [0.5, 0.6) is 0 Å². The van der Waals surface area contributed by atoms with E-state index >= 15 is 0 Å². The van der Waals surface area contributed by atoms with Crippen LogP contribution in [0.15, 0.2) is 24.3 Å². The molecule has 4 nitrogen and oxygen atoms in total. The van der Waals surface area contributed by atoms with Crippen molar-refractivity contribution in [1.29, 1.82) is 0 Å². The van der Waals surface area contributed by atoms with Crippen LogP contribution >= 0.6 is 0 Å². The molecule has 0 aliphatic carbocycles. The lowest BCUT2D eigenvalue weighted by molar-refractivity contribution is 0.393. The number of nitrogens with zero attached hydrogens (tertiary/aromatic N) is 1. The van der Waals surface area contributed by atoms with Crippen molar-refractivity contribution >= 4 is 10.2 Å². The number of nitrogens with one attached hydrogen (secondary N) is 1. The molecule has 1 aromatic carbocycles. The van der Waals surface area contributed by atoms with Gasteiger partial charge in [-0.15, -0.1) is 0 Å². The van der Waals surface area contributed by atoms with Crippen molar-refractivity contribution in [2.45, 2.75) is 13.0 Å². The predicted octanol–water partition coefficient (Wildman–Crippen LogP) is 1.28. The van der Waals surface area contributed by atoms with Crippen LogP contribution in [0, 0.1) is 5.82 Å². The minimum atomic E-state index is -3.47. The first-order valence-corrected chi connectivity index (χ1v) is 6.24. The maximum atomic E-state index is 12.7. The normalized spacial score (nSPS) is 14.1. The van der Waals surface area contributed by atoms with Gasteiger partial charge in [-0.2, -0.15) is 12.7 Å². The molecule has 0 saturated heterocycles. The Kier molecular flexibility index (Phi) is 4.01. The molecule has 0 radical (unpaired) electrons. The van der Waals surface area contributed by atoms with Gasteiger partial charge in [-0.3, -0.25) is 0 Å². The van der Waals surface area contributed by atoms with Gasteiger partial charge in [0.1, 0.15) is 5.82 Å². The van der Waals surface area contributed by atoms with Gasteiger partial charge in [0.15, 0.2) is 0 Å². The fraction of sp³-hybridized carbons (Fsp3) is 0.400. The molecule has 90 valence electrons. The van der Waals surface area contributed by atoms with E-state index in [1.807, 2.05) is 0 Å². The fourth-order valence-corrected chi connectivity index (χ4v) is 2.13. The van der Waals surface area contributed by atoms with E-state index in [1.54, 1.807) is 19.1 Å². The molecule has 0 aliphatic heterocycles. The Bertz CT molecular complexity index is 444. The van der Waals surface area contributed by atoms with Crippen molar-refractivity contribution in [1.82, 2.24) is 9.03 Å². The number of halogens is 1. The number of benzene rings is 1. The highest BCUT2D eigenvalue weighted by atomic mass is 32.2. The zero-order chi connectivity index (χ0) is 12.3. The highest BCUT2D eigenvalue weighted by molar-refractivity contribution is 7.87. The summed E-state index contributed by atoms with van der Waals surface area (Å²) >= 11 is 0. The summed E-state index contributed by atoms with van der Waals surface area (Å²) in [6, 6.07) is 5.42. The van der Waals surface area contributed by atoms with Gasteiger partial charge in [-0.25, -0.2) is 9.11 Å². The average molecular weight is 246 g/mol. The average Bonchev–Trinajstić information content (AvgIpc) is 2.28. The van der Waals surface area contributed by atoms with Gasteiger partial charge in [0, 0.05) is 20.1 Å². The maximum absolute atomic E-state index is 12.7. The Morgan fingerprint density at radius 1 is 1.31 bits per heavy atom. The molecular weight excluding hydrogens is 231 g/mol. The van der Waals surface area contributed by atoms with Crippen LogP contribution in [0.4, 0.5) is 4.39 Å². The van der Waals surface area contributed by atoms with Crippen molar-refractivity contribution in [2.75, 3.05) is 14.1 Å². The second-order valence-electron chi connectivity index (χ2n) is 3.45. The molecule has 0 fully saturated rings. The molecule has 0 heterocycles. The molecule has 0 amide bonds. The van der Waals surface area contributed by atoms with E-state index in [9.17, 15) is 12.8 Å². The number of rotatable bonds is 4. The molecule has 1 N–H and O–H groups in total. The van der Waals surface area contributed by atoms with E-state index in [0.29, 0.717) is 0 Å². The van der Waals surface area contributed by atoms with E-state index in [2.05, 4.69) is 4.72 Å². The largest absolute Gasteiger partial charge is 0.279 e. The molecule has 0 spiro atoms. The SMILES string of the molecule is CNS(=O)(=O)N(C)C(C)c1ccc(F)cc1. The second-order valence-corrected chi connectivity index (χ2v) is 5.39. The highest BCUT2D eigenvalue weighted by Gasteiger charge is 2.22. The lowest BCUT2D eigenvalue weighted by Crippen LogP contribution is -2.37. The van der Waals surface area contributed by atoms with Crippen LogP contribution < -0.4 is 4.72 Å². The second kappa shape index (κ2) is 4.90. The van der Waals surface area contributed by atoms with Crippen molar-refractivity contribution in [3.05, 3.63) is 35.6 Å². The summed E-state index contributed by atoms with van der Waals surface area (Å²) in [4.78, 5) is 0. The molecule has 0 bridgehead atoms. The lowest BCUT2D eigenvalue weighted by Gasteiger charge is -2.23. The third-order valence-electron chi connectivity index (χ3n) is 2.53. The summed E-state index contributed by atoms with van der Waals surface area (Å²) in [6.45, 7) is 1.74. The van der Waals surface area contributed by atoms with Crippen LogP contribution in [0.25, 0.3) is 0 Å². The minimum absolute atomic E-state index is 0.338. The zero-order valence-corrected chi connectivity index (χ0v) is 10.3. The summed E-state index contributed by atoms with van der Waals surface area (Å²) in [5.74, 6) is -0.338. The van der Waals surface area contributed by atoms with E-state index in [4.69, 9.17) is 0 Å². The van der Waals surface area contributed by atoms with Crippen molar-refractivity contribution in [2.24, 2.45) is 0 Å². The van der Waals surface area contributed by atoms with E-state index in [0.717, 1.165) is 5.56 Å². The summed E-state index contributed by atoms with van der Waals surface area (Å²) in [7, 11) is -0.644. The van der Waals surface area contributed by atoms with Gasteiger partial charge in [0.2, 0.25) is 0 Å². The van der Waals surface area contributed by atoms with Crippen LogP contribution in [0.1, 0.15) is 18.5 Å².